The van der Waals surface area contributed by atoms with Gasteiger partial charge >= 0.3 is 0 Å². The zero-order valence-electron chi connectivity index (χ0n) is 13.6. The van der Waals surface area contributed by atoms with E-state index in [4.69, 9.17) is 37.5 Å². The van der Waals surface area contributed by atoms with Crippen molar-refractivity contribution in [2.24, 2.45) is 5.16 Å². The van der Waals surface area contributed by atoms with E-state index in [0.717, 1.165) is 0 Å². The Morgan fingerprint density at radius 3 is 2.52 bits per heavy atom. The highest BCUT2D eigenvalue weighted by Gasteiger charge is 2.10. The largest absolute Gasteiger partial charge is 0.493 e. The number of hydrogen-bond donors (Lipinski definition) is 1. The van der Waals surface area contributed by atoms with Gasteiger partial charge in [-0.15, -0.1) is 0 Å². The normalized spacial score (nSPS) is 10.6. The summed E-state index contributed by atoms with van der Waals surface area (Å²) in [6.07, 6.45) is 1.42. The van der Waals surface area contributed by atoms with E-state index in [1.807, 2.05) is 0 Å². The lowest BCUT2D eigenvalue weighted by Gasteiger charge is -2.09. The van der Waals surface area contributed by atoms with Gasteiger partial charge in [-0.05, 0) is 36.4 Å². The molecule has 1 amide bonds. The number of benzene rings is 2. The molecule has 2 rings (SSSR count). The van der Waals surface area contributed by atoms with E-state index < -0.39 is 0 Å². The van der Waals surface area contributed by atoms with Crippen LogP contribution >= 0.6 is 23.2 Å². The van der Waals surface area contributed by atoms with Crippen molar-refractivity contribution in [3.63, 3.8) is 0 Å². The van der Waals surface area contributed by atoms with Crippen molar-refractivity contribution in [2.45, 2.75) is 0 Å². The first-order valence-electron chi connectivity index (χ1n) is 7.15. The van der Waals surface area contributed by atoms with Gasteiger partial charge < -0.3 is 19.6 Å². The molecule has 6 nitrogen and oxygen atoms in total. The average Bonchev–Trinajstić information content (AvgIpc) is 2.60. The number of nitrogens with one attached hydrogen (secondary N) is 1. The fourth-order valence-electron chi connectivity index (χ4n) is 1.94. The van der Waals surface area contributed by atoms with Crippen LogP contribution in [0.15, 0.2) is 41.6 Å². The van der Waals surface area contributed by atoms with Gasteiger partial charge in [0.15, 0.2) is 18.1 Å². The monoisotopic (exact) mass is 382 g/mol. The first kappa shape index (κ1) is 18.9. The maximum absolute atomic E-state index is 11.7. The molecule has 0 aliphatic heterocycles. The van der Waals surface area contributed by atoms with E-state index >= 15 is 0 Å². The lowest BCUT2D eigenvalue weighted by molar-refractivity contribution is -0.120. The van der Waals surface area contributed by atoms with Gasteiger partial charge in [0.2, 0.25) is 0 Å². The number of anilines is 1. The first-order chi connectivity index (χ1) is 12.0. The fourth-order valence-corrected chi connectivity index (χ4v) is 2.36. The second-order valence-electron chi connectivity index (χ2n) is 4.80. The quantitative estimate of drug-likeness (QED) is 0.580. The summed E-state index contributed by atoms with van der Waals surface area (Å²) >= 11 is 11.9. The van der Waals surface area contributed by atoms with Gasteiger partial charge in [-0.25, -0.2) is 0 Å². The molecule has 0 spiro atoms. The summed E-state index contributed by atoms with van der Waals surface area (Å²) in [5.41, 5.74) is 1.26. The molecule has 8 heteroatoms. The summed E-state index contributed by atoms with van der Waals surface area (Å²) in [4.78, 5) is 16.7. The number of ether oxygens (including phenoxy) is 2. The van der Waals surface area contributed by atoms with Gasteiger partial charge in [0.25, 0.3) is 5.91 Å². The number of rotatable bonds is 7. The van der Waals surface area contributed by atoms with Gasteiger partial charge in [0.1, 0.15) is 0 Å². The molecule has 0 saturated carbocycles. The van der Waals surface area contributed by atoms with Gasteiger partial charge in [-0.3, -0.25) is 4.79 Å². The summed E-state index contributed by atoms with van der Waals surface area (Å²) in [6.45, 7) is -0.236. The molecule has 0 radical (unpaired) electrons. The molecule has 0 aliphatic carbocycles. The van der Waals surface area contributed by atoms with Gasteiger partial charge in [-0.2, -0.15) is 0 Å². The Balaban J connectivity index is 1.89. The van der Waals surface area contributed by atoms with Crippen LogP contribution in [0.3, 0.4) is 0 Å². The molecule has 0 bridgehead atoms. The summed E-state index contributed by atoms with van der Waals surface area (Å²) in [7, 11) is 3.01. The van der Waals surface area contributed by atoms with E-state index in [-0.39, 0.29) is 12.5 Å². The first-order valence-corrected chi connectivity index (χ1v) is 7.91. The van der Waals surface area contributed by atoms with Crippen molar-refractivity contribution in [1.82, 2.24) is 0 Å². The molecule has 1 N–H and O–H groups in total. The molecular weight excluding hydrogens is 367 g/mol. The summed E-state index contributed by atoms with van der Waals surface area (Å²) < 4.78 is 10.3. The molecule has 0 unspecified atom stereocenters. The highest BCUT2D eigenvalue weighted by Crippen LogP contribution is 2.35. The van der Waals surface area contributed by atoms with Crippen molar-refractivity contribution in [3.8, 4) is 11.5 Å². The maximum Gasteiger partial charge on any atom is 0.265 e. The van der Waals surface area contributed by atoms with E-state index in [0.29, 0.717) is 32.8 Å². The van der Waals surface area contributed by atoms with Crippen LogP contribution in [0.25, 0.3) is 0 Å². The molecule has 0 aliphatic rings. The zero-order valence-corrected chi connectivity index (χ0v) is 15.1. The predicted molar refractivity (Wildman–Crippen MR) is 98.2 cm³/mol. The van der Waals surface area contributed by atoms with Crippen LogP contribution in [0.4, 0.5) is 5.69 Å². The molecule has 132 valence electrons. The molecule has 2 aromatic carbocycles. The van der Waals surface area contributed by atoms with Crippen LogP contribution in [0.2, 0.25) is 10.0 Å². The number of amides is 1. The van der Waals surface area contributed by atoms with Crippen molar-refractivity contribution in [1.29, 1.82) is 0 Å². The average molecular weight is 383 g/mol. The minimum Gasteiger partial charge on any atom is -0.493 e. The van der Waals surface area contributed by atoms with Crippen molar-refractivity contribution < 1.29 is 19.1 Å². The molecular formula is C17H16Cl2N2O4. The zero-order chi connectivity index (χ0) is 18.2. The van der Waals surface area contributed by atoms with E-state index in [1.165, 1.54) is 20.4 Å². The Kier molecular flexibility index (Phi) is 6.91. The lowest BCUT2D eigenvalue weighted by atomic mass is 10.2. The second kappa shape index (κ2) is 9.15. The Morgan fingerprint density at radius 1 is 1.16 bits per heavy atom. The van der Waals surface area contributed by atoms with E-state index in [2.05, 4.69) is 10.5 Å². The molecule has 0 atom stereocenters. The molecule has 2 aromatic rings. The number of nitrogens with zero attached hydrogens (tertiary/aromatic N) is 1. The van der Waals surface area contributed by atoms with Crippen LogP contribution in [-0.2, 0) is 9.63 Å². The predicted octanol–water partition coefficient (Wildman–Crippen LogP) is 4.00. The van der Waals surface area contributed by atoms with E-state index in [1.54, 1.807) is 36.4 Å². The molecule has 0 fully saturated rings. The van der Waals surface area contributed by atoms with Gasteiger partial charge in [0, 0.05) is 16.3 Å². The number of halogens is 2. The number of oxime groups is 1. The van der Waals surface area contributed by atoms with Crippen LogP contribution < -0.4 is 14.8 Å². The summed E-state index contributed by atoms with van der Waals surface area (Å²) in [5, 5.41) is 7.37. The standard InChI is InChI=1S/C17H16Cl2N2O4/c1-23-15-8-11(7-14(19)17(15)24-2)9-20-25-10-16(22)21-13-5-3-12(18)4-6-13/h3-9H,10H2,1-2H3,(H,21,22). The third kappa shape index (κ3) is 5.55. The SMILES string of the molecule is COc1cc(C=NOCC(=O)Nc2ccc(Cl)cc2)cc(Cl)c1OC. The topological polar surface area (TPSA) is 69.2 Å². The van der Waals surface area contributed by atoms with Crippen LogP contribution in [0, 0.1) is 0 Å². The molecule has 0 heterocycles. The molecule has 25 heavy (non-hydrogen) atoms. The minimum absolute atomic E-state index is 0.236. The Bertz CT molecular complexity index is 764. The third-order valence-corrected chi connectivity index (χ3v) is 3.59. The Morgan fingerprint density at radius 2 is 1.88 bits per heavy atom. The summed E-state index contributed by atoms with van der Waals surface area (Å²) in [6, 6.07) is 10.1. The second-order valence-corrected chi connectivity index (χ2v) is 5.64. The van der Waals surface area contributed by atoms with Crippen molar-refractivity contribution >= 4 is 41.0 Å². The highest BCUT2D eigenvalue weighted by atomic mass is 35.5. The maximum atomic E-state index is 11.7. The molecule has 0 saturated heterocycles. The third-order valence-electron chi connectivity index (χ3n) is 3.06. The minimum atomic E-state index is -0.343. The lowest BCUT2D eigenvalue weighted by Crippen LogP contribution is -2.16. The van der Waals surface area contributed by atoms with Gasteiger partial charge in [-0.1, -0.05) is 28.4 Å². The van der Waals surface area contributed by atoms with Crippen molar-refractivity contribution in [2.75, 3.05) is 26.1 Å². The van der Waals surface area contributed by atoms with Crippen LogP contribution in [-0.4, -0.2) is 32.9 Å². The number of carbonyl (C=O) groups excluding carboxylic acids is 1. The van der Waals surface area contributed by atoms with Crippen molar-refractivity contribution in [3.05, 3.63) is 52.0 Å². The van der Waals surface area contributed by atoms with E-state index in [9.17, 15) is 4.79 Å². The Labute approximate surface area is 155 Å². The van der Waals surface area contributed by atoms with Crippen LogP contribution in [0.5, 0.6) is 11.5 Å². The fraction of sp³-hybridized carbons (Fsp3) is 0.176. The Hall–Kier alpha value is -2.44. The number of carbonyl (C=O) groups is 1. The summed E-state index contributed by atoms with van der Waals surface area (Å²) in [5.74, 6) is 0.561. The number of methoxy groups -OCH3 is 2. The molecule has 0 aromatic heterocycles. The number of hydrogen-bond acceptors (Lipinski definition) is 5. The smallest absolute Gasteiger partial charge is 0.265 e. The highest BCUT2D eigenvalue weighted by molar-refractivity contribution is 6.32. The van der Waals surface area contributed by atoms with Crippen LogP contribution in [0.1, 0.15) is 5.56 Å². The van der Waals surface area contributed by atoms with Gasteiger partial charge in [0.05, 0.1) is 25.5 Å².